The Balaban J connectivity index is 0.000000281. The molecule has 0 radical (unpaired) electrons. The number of amides is 6. The quantitative estimate of drug-likeness (QED) is 0.0142. The maximum atomic E-state index is 14.0. The van der Waals surface area contributed by atoms with E-state index in [1.165, 1.54) is 32.5 Å². The SMILES string of the molecule is C.COC(=O)CCCCC(=O)N[C@@H](C)C(=O)C[C@@H](C)C(=O)Nc1cc(CO)cc(COc2cc3c(cc2OC)C(=O)N2c4ccccc4C[C@H]2CC3)c1.COC(=O)CCCCC(=O)N[C@@H](C)C(=O)C[C@@H](C)C(=O)Nc1cc(COc2cc3c(cc2OC)C(=O)N2c4ccccc4C[C@H]2CC3)cc(CO[Si](C)(C)C(C)(C)C)c1. The van der Waals surface area contributed by atoms with Gasteiger partial charge < -0.3 is 69.0 Å². The summed E-state index contributed by atoms with van der Waals surface area (Å²) in [6.07, 6.45) is 7.38. The van der Waals surface area contributed by atoms with E-state index < -0.39 is 38.1 Å². The normalized spacial score (nSPS) is 15.6. The number of benzene rings is 6. The minimum atomic E-state index is -2.12. The number of carbonyl (C=O) groups excluding carboxylic acids is 10. The Bertz CT molecular complexity index is 4420. The molecule has 6 aromatic rings. The maximum absolute atomic E-state index is 14.0. The van der Waals surface area contributed by atoms with Crippen molar-refractivity contribution in [1.29, 1.82) is 0 Å². The Morgan fingerprint density at radius 3 is 1.29 bits per heavy atom. The van der Waals surface area contributed by atoms with Crippen LogP contribution >= 0.6 is 0 Å². The van der Waals surface area contributed by atoms with Crippen molar-refractivity contribution < 1.29 is 85.9 Å². The number of nitrogens with zero attached hydrogens (tertiary/aromatic N) is 2. The largest absolute Gasteiger partial charge is 0.493 e. The molecule has 0 spiro atoms. The predicted octanol–water partition coefficient (Wildman–Crippen LogP) is 13.8. The van der Waals surface area contributed by atoms with Crippen molar-refractivity contribution >= 4 is 90.0 Å². The molecule has 0 aliphatic carbocycles. The second kappa shape index (κ2) is 39.8. The molecular formula is C87H112N6O18Si. The first-order valence-corrected chi connectivity index (χ1v) is 41.2. The van der Waals surface area contributed by atoms with Crippen LogP contribution in [0.15, 0.2) is 109 Å². The molecule has 24 nitrogen and oxygen atoms in total. The number of aryl methyl sites for hydroxylation is 2. The lowest BCUT2D eigenvalue weighted by Gasteiger charge is -2.36. The maximum Gasteiger partial charge on any atom is 0.305 e. The van der Waals surface area contributed by atoms with Gasteiger partial charge in [0.1, 0.15) is 13.2 Å². The Morgan fingerprint density at radius 2 is 0.893 bits per heavy atom. The number of rotatable bonds is 34. The van der Waals surface area contributed by atoms with Gasteiger partial charge in [-0.25, -0.2) is 0 Å². The van der Waals surface area contributed by atoms with Crippen molar-refractivity contribution in [2.75, 3.05) is 48.9 Å². The number of methoxy groups -OCH3 is 4. The summed E-state index contributed by atoms with van der Waals surface area (Å²) in [6, 6.07) is 33.0. The smallest absolute Gasteiger partial charge is 0.305 e. The Labute approximate surface area is 659 Å². The number of hydrogen-bond acceptors (Lipinski definition) is 18. The molecular weight excluding hydrogens is 1450 g/mol. The van der Waals surface area contributed by atoms with Gasteiger partial charge in [0.25, 0.3) is 11.8 Å². The van der Waals surface area contributed by atoms with E-state index in [0.29, 0.717) is 95.3 Å². The van der Waals surface area contributed by atoms with Crippen LogP contribution < -0.4 is 50.0 Å². The van der Waals surface area contributed by atoms with Crippen LogP contribution in [0, 0.1) is 11.8 Å². The zero-order chi connectivity index (χ0) is 80.4. The number of para-hydroxylation sites is 2. The third kappa shape index (κ3) is 22.8. The van der Waals surface area contributed by atoms with Crippen molar-refractivity contribution in [1.82, 2.24) is 10.6 Å². The molecule has 4 heterocycles. The standard InChI is InChI=1S/C46H61N3O9Si.C40H47N3O9.CH4/c1-29(20-39(50)30(2)47-42(51)16-12-13-17-43(52)56-7)44(53)48-35-22-31(21-32(23-35)28-58-59(8,9)46(3,4)5)27-57-41-25-33-18-19-36-24-34-14-10-11-15-38(34)49(36)45(54)37(33)26-40(41)55-6;1-24(15-34(45)25(2)41-37(46)11-7-8-12-38(47)51-4)39(48)42-30-17-26(22-44)16-27(18-30)23-52-36-20-28-13-14-31-19-29-9-5-6-10-33(29)43(31)40(49)32(28)21-35(36)50-3;/h10-11,14-15,21-23,25-26,29-30,36H,12-13,16-20,24,27-28H2,1-9H3,(H,47,51)(H,48,53);5-6,9-10,16-18,20-21,24-25,31,44H,7-8,11-15,19,22-23H2,1-4H3,(H,41,46)(H,42,48);1H4/t29-,30+,36-;24-,25+,31-;/m11./s1. The molecule has 5 N–H and O–H groups in total. The van der Waals surface area contributed by atoms with Gasteiger partial charge in [0, 0.05) is 96.3 Å². The van der Waals surface area contributed by atoms with Gasteiger partial charge in [0.2, 0.25) is 23.6 Å². The lowest BCUT2D eigenvalue weighted by molar-refractivity contribution is -0.141. The molecule has 6 amide bonds. The van der Waals surface area contributed by atoms with Crippen molar-refractivity contribution in [3.63, 3.8) is 0 Å². The molecule has 6 atom stereocenters. The van der Waals surface area contributed by atoms with Crippen LogP contribution in [0.5, 0.6) is 23.0 Å². The summed E-state index contributed by atoms with van der Waals surface area (Å²) in [4.78, 5) is 131. The summed E-state index contributed by atoms with van der Waals surface area (Å²) in [7, 11) is 3.61. The van der Waals surface area contributed by atoms with Gasteiger partial charge in [-0.3, -0.25) is 47.9 Å². The molecule has 4 aliphatic heterocycles. The summed E-state index contributed by atoms with van der Waals surface area (Å²) in [5.41, 5.74) is 11.1. The molecule has 4 aliphatic rings. The van der Waals surface area contributed by atoms with Gasteiger partial charge >= 0.3 is 11.9 Å². The molecule has 112 heavy (non-hydrogen) atoms. The van der Waals surface area contributed by atoms with Gasteiger partial charge in [-0.05, 0) is 213 Å². The highest BCUT2D eigenvalue weighted by Crippen LogP contribution is 2.44. The molecule has 25 heteroatoms. The fourth-order valence-electron chi connectivity index (χ4n) is 14.0. The number of esters is 2. The number of fused-ring (bicyclic) bond motifs is 8. The van der Waals surface area contributed by atoms with Crippen molar-refractivity contribution in [2.45, 2.75) is 227 Å². The average molecular weight is 1560 g/mol. The second-order valence-electron chi connectivity index (χ2n) is 30.8. The van der Waals surface area contributed by atoms with Gasteiger partial charge in [-0.2, -0.15) is 0 Å². The van der Waals surface area contributed by atoms with Gasteiger partial charge in [0.05, 0.1) is 53.7 Å². The zero-order valence-corrected chi connectivity index (χ0v) is 67.3. The van der Waals surface area contributed by atoms with E-state index in [4.69, 9.17) is 23.4 Å². The number of ketones is 2. The highest BCUT2D eigenvalue weighted by atomic mass is 28.4. The number of carbonyl (C=O) groups is 10. The predicted molar refractivity (Wildman–Crippen MR) is 431 cm³/mol. The van der Waals surface area contributed by atoms with Crippen LogP contribution in [0.1, 0.15) is 198 Å². The van der Waals surface area contributed by atoms with Crippen LogP contribution in [0.3, 0.4) is 0 Å². The number of Topliss-reactive ketones (excluding diaryl/α,β-unsaturated/α-hetero) is 2. The van der Waals surface area contributed by atoms with Crippen molar-refractivity contribution in [2.24, 2.45) is 11.8 Å². The summed E-state index contributed by atoms with van der Waals surface area (Å²) in [6.45, 7) is 17.7. The van der Waals surface area contributed by atoms with E-state index in [0.717, 1.165) is 65.7 Å². The van der Waals surface area contributed by atoms with E-state index in [2.05, 4.69) is 76.7 Å². The molecule has 0 bridgehead atoms. The highest BCUT2D eigenvalue weighted by Gasteiger charge is 2.41. The fraction of sp³-hybridized carbons (Fsp3) is 0.471. The first kappa shape index (κ1) is 87.3. The fourth-order valence-corrected chi connectivity index (χ4v) is 14.9. The third-order valence-corrected chi connectivity index (χ3v) is 26.0. The molecule has 0 unspecified atom stereocenters. The minimum Gasteiger partial charge on any atom is -0.493 e. The molecule has 0 saturated heterocycles. The van der Waals surface area contributed by atoms with E-state index in [1.54, 1.807) is 65.1 Å². The van der Waals surface area contributed by atoms with Crippen molar-refractivity contribution in [3.8, 4) is 23.0 Å². The van der Waals surface area contributed by atoms with E-state index in [9.17, 15) is 53.1 Å². The van der Waals surface area contributed by atoms with Crippen LogP contribution in [-0.4, -0.2) is 125 Å². The van der Waals surface area contributed by atoms with Crippen LogP contribution in [0.4, 0.5) is 22.7 Å². The van der Waals surface area contributed by atoms with Crippen LogP contribution in [-0.2, 0) is 104 Å². The molecule has 0 saturated carbocycles. The Morgan fingerprint density at radius 1 is 0.509 bits per heavy atom. The second-order valence-corrected chi connectivity index (χ2v) is 35.7. The number of aliphatic hydroxyl groups excluding tert-OH is 1. The number of unbranched alkanes of at least 4 members (excludes halogenated alkanes) is 2. The molecule has 6 aromatic carbocycles. The lowest BCUT2D eigenvalue weighted by atomic mass is 9.99. The van der Waals surface area contributed by atoms with Gasteiger partial charge in [0.15, 0.2) is 42.9 Å². The monoisotopic (exact) mass is 1560 g/mol. The Kier molecular flexibility index (Phi) is 31.0. The van der Waals surface area contributed by atoms with Gasteiger partial charge in [-0.15, -0.1) is 0 Å². The van der Waals surface area contributed by atoms with E-state index >= 15 is 0 Å². The summed E-state index contributed by atoms with van der Waals surface area (Å²) < 4.78 is 39.9. The van der Waals surface area contributed by atoms with Crippen LogP contribution in [0.25, 0.3) is 0 Å². The summed E-state index contributed by atoms with van der Waals surface area (Å²) >= 11 is 0. The third-order valence-electron chi connectivity index (χ3n) is 21.5. The van der Waals surface area contributed by atoms with E-state index in [-0.39, 0.29) is 136 Å². The number of hydrogen-bond donors (Lipinski definition) is 5. The summed E-state index contributed by atoms with van der Waals surface area (Å²) in [5.74, 6) is -2.12. The summed E-state index contributed by atoms with van der Waals surface area (Å²) in [5, 5.41) is 21.2. The number of anilines is 4. The lowest BCUT2D eigenvalue weighted by Crippen LogP contribution is -2.40. The first-order chi connectivity index (χ1) is 52.9. The number of nitrogens with one attached hydrogen (secondary N) is 4. The zero-order valence-electron chi connectivity index (χ0n) is 66.3. The topological polar surface area (TPSA) is 310 Å². The average Bonchev–Trinajstić information content (AvgIpc) is 1.46. The highest BCUT2D eigenvalue weighted by molar-refractivity contribution is 6.74. The molecule has 0 aromatic heterocycles. The molecule has 602 valence electrons. The number of aliphatic hydroxyl groups is 1. The molecule has 0 fully saturated rings. The minimum absolute atomic E-state index is 0. The Hall–Kier alpha value is -10.2. The van der Waals surface area contributed by atoms with Gasteiger partial charge in [-0.1, -0.05) is 78.4 Å². The van der Waals surface area contributed by atoms with Crippen molar-refractivity contribution in [3.05, 3.63) is 165 Å². The van der Waals surface area contributed by atoms with E-state index in [1.807, 2.05) is 76.5 Å². The van der Waals surface area contributed by atoms with Crippen LogP contribution in [0.2, 0.25) is 18.1 Å². The number of ether oxygens (including phenoxy) is 6. The first-order valence-electron chi connectivity index (χ1n) is 38.3. The molecule has 10 rings (SSSR count).